The van der Waals surface area contributed by atoms with Crippen LogP contribution in [0.3, 0.4) is 0 Å². The van der Waals surface area contributed by atoms with E-state index < -0.39 is 5.60 Å². The average molecular weight is 349 g/mol. The van der Waals surface area contributed by atoms with Crippen LogP contribution in [-0.4, -0.2) is 34.1 Å². The highest BCUT2D eigenvalue weighted by molar-refractivity contribution is 5.95. The van der Waals surface area contributed by atoms with E-state index in [0.717, 1.165) is 50.6 Å². The Bertz CT molecular complexity index is 775. The average Bonchev–Trinajstić information content (AvgIpc) is 3.21. The van der Waals surface area contributed by atoms with E-state index in [4.69, 9.17) is 0 Å². The van der Waals surface area contributed by atoms with Crippen LogP contribution in [0.1, 0.15) is 54.9 Å². The molecule has 4 rings (SSSR count). The number of hydrogen-bond acceptors (Lipinski definition) is 2. The molecule has 0 aromatic heterocycles. The van der Waals surface area contributed by atoms with Gasteiger partial charge in [-0.3, -0.25) is 4.79 Å². The second-order valence-electron chi connectivity index (χ2n) is 7.78. The number of aryl methyl sites for hydroxylation is 1. The highest BCUT2D eigenvalue weighted by Crippen LogP contribution is 2.45. The molecule has 0 bridgehead atoms. The first-order valence-corrected chi connectivity index (χ1v) is 9.83. The number of carbonyl (C=O) groups is 1. The fourth-order valence-corrected chi connectivity index (χ4v) is 4.15. The normalized spacial score (nSPS) is 21.0. The summed E-state index contributed by atoms with van der Waals surface area (Å²) in [5, 5.41) is 10.5. The first-order chi connectivity index (χ1) is 12.6. The SMILES string of the molecule is CCCc1ccc(-c2ccc(C(=O)N3CCCC3C3(O)CC3)cc2)cc1. The number of amides is 1. The highest BCUT2D eigenvalue weighted by atomic mass is 16.3. The Morgan fingerprint density at radius 2 is 1.69 bits per heavy atom. The van der Waals surface area contributed by atoms with E-state index in [0.29, 0.717) is 5.56 Å². The zero-order valence-electron chi connectivity index (χ0n) is 15.4. The number of hydrogen-bond donors (Lipinski definition) is 1. The van der Waals surface area contributed by atoms with E-state index in [1.165, 1.54) is 11.1 Å². The van der Waals surface area contributed by atoms with Crippen molar-refractivity contribution in [3.63, 3.8) is 0 Å². The fourth-order valence-electron chi connectivity index (χ4n) is 4.15. The van der Waals surface area contributed by atoms with Gasteiger partial charge in [0.1, 0.15) is 0 Å². The molecule has 1 aliphatic carbocycles. The Kier molecular flexibility index (Phi) is 4.58. The smallest absolute Gasteiger partial charge is 0.254 e. The quantitative estimate of drug-likeness (QED) is 0.867. The summed E-state index contributed by atoms with van der Waals surface area (Å²) in [4.78, 5) is 14.8. The van der Waals surface area contributed by atoms with Gasteiger partial charge in [0.25, 0.3) is 5.91 Å². The van der Waals surface area contributed by atoms with Crippen LogP contribution in [0, 0.1) is 0 Å². The summed E-state index contributed by atoms with van der Waals surface area (Å²) in [6, 6.07) is 16.6. The minimum absolute atomic E-state index is 0.000728. The third-order valence-electron chi connectivity index (χ3n) is 5.85. The van der Waals surface area contributed by atoms with Gasteiger partial charge in [0.15, 0.2) is 0 Å². The molecule has 3 heteroatoms. The van der Waals surface area contributed by atoms with Crippen LogP contribution in [0.25, 0.3) is 11.1 Å². The summed E-state index contributed by atoms with van der Waals surface area (Å²) in [5.41, 5.74) is 3.76. The molecular weight excluding hydrogens is 322 g/mol. The standard InChI is InChI=1S/C23H27NO2/c1-2-4-17-6-8-18(9-7-17)19-10-12-20(13-11-19)22(25)24-16-3-5-21(24)23(26)14-15-23/h6-13,21,26H,2-5,14-16H2,1H3. The van der Waals surface area contributed by atoms with E-state index in [1.807, 2.05) is 29.2 Å². The summed E-state index contributed by atoms with van der Waals surface area (Å²) >= 11 is 0. The summed E-state index contributed by atoms with van der Waals surface area (Å²) in [6.07, 6.45) is 5.83. The van der Waals surface area contributed by atoms with Crippen molar-refractivity contribution in [3.8, 4) is 11.1 Å². The second kappa shape index (κ2) is 6.88. The molecule has 1 N–H and O–H groups in total. The zero-order valence-corrected chi connectivity index (χ0v) is 15.4. The number of nitrogens with zero attached hydrogens (tertiary/aromatic N) is 1. The number of carbonyl (C=O) groups excluding carboxylic acids is 1. The highest BCUT2D eigenvalue weighted by Gasteiger charge is 2.52. The molecule has 2 aromatic carbocycles. The molecule has 1 aliphatic heterocycles. The molecular formula is C23H27NO2. The molecule has 1 amide bonds. The van der Waals surface area contributed by atoms with E-state index in [9.17, 15) is 9.90 Å². The molecule has 2 fully saturated rings. The van der Waals surface area contributed by atoms with Gasteiger partial charge < -0.3 is 10.0 Å². The Morgan fingerprint density at radius 3 is 2.27 bits per heavy atom. The summed E-state index contributed by atoms with van der Waals surface area (Å²) < 4.78 is 0. The molecule has 2 aromatic rings. The number of aliphatic hydroxyl groups is 1. The van der Waals surface area contributed by atoms with Gasteiger partial charge in [0, 0.05) is 12.1 Å². The van der Waals surface area contributed by atoms with Gasteiger partial charge in [-0.2, -0.15) is 0 Å². The number of benzene rings is 2. The molecule has 1 saturated carbocycles. The largest absolute Gasteiger partial charge is 0.388 e. The Balaban J connectivity index is 1.49. The lowest BCUT2D eigenvalue weighted by molar-refractivity contribution is 0.0386. The third-order valence-corrected chi connectivity index (χ3v) is 5.85. The van der Waals surface area contributed by atoms with Crippen molar-refractivity contribution < 1.29 is 9.90 Å². The molecule has 1 heterocycles. The summed E-state index contributed by atoms with van der Waals surface area (Å²) in [6.45, 7) is 2.95. The lowest BCUT2D eigenvalue weighted by atomic mass is 10.0. The molecule has 0 radical (unpaired) electrons. The van der Waals surface area contributed by atoms with E-state index in [2.05, 4.69) is 31.2 Å². The van der Waals surface area contributed by atoms with Gasteiger partial charge >= 0.3 is 0 Å². The van der Waals surface area contributed by atoms with Crippen molar-refractivity contribution in [3.05, 3.63) is 59.7 Å². The molecule has 1 saturated heterocycles. The van der Waals surface area contributed by atoms with Crippen molar-refractivity contribution in [2.75, 3.05) is 6.54 Å². The predicted octanol–water partition coefficient (Wildman–Crippen LogP) is 4.44. The zero-order chi connectivity index (χ0) is 18.1. The van der Waals surface area contributed by atoms with Crippen molar-refractivity contribution >= 4 is 5.91 Å². The predicted molar refractivity (Wildman–Crippen MR) is 104 cm³/mol. The fraction of sp³-hybridized carbons (Fsp3) is 0.435. The topological polar surface area (TPSA) is 40.5 Å². The van der Waals surface area contributed by atoms with Crippen molar-refractivity contribution in [2.45, 2.75) is 57.1 Å². The number of likely N-dealkylation sites (tertiary alicyclic amines) is 1. The van der Waals surface area contributed by atoms with Crippen LogP contribution in [0.2, 0.25) is 0 Å². The molecule has 1 atom stereocenters. The first kappa shape index (κ1) is 17.3. The molecule has 1 unspecified atom stereocenters. The minimum Gasteiger partial charge on any atom is -0.388 e. The Labute approximate surface area is 155 Å². The van der Waals surface area contributed by atoms with Crippen molar-refractivity contribution in [1.29, 1.82) is 0 Å². The first-order valence-electron chi connectivity index (χ1n) is 9.83. The molecule has 0 spiro atoms. The maximum Gasteiger partial charge on any atom is 0.254 e. The van der Waals surface area contributed by atoms with E-state index in [1.54, 1.807) is 0 Å². The minimum atomic E-state index is -0.619. The lowest BCUT2D eigenvalue weighted by Gasteiger charge is -2.28. The molecule has 26 heavy (non-hydrogen) atoms. The lowest BCUT2D eigenvalue weighted by Crippen LogP contribution is -2.44. The second-order valence-corrected chi connectivity index (χ2v) is 7.78. The van der Waals surface area contributed by atoms with Gasteiger partial charge in [0.2, 0.25) is 0 Å². The van der Waals surface area contributed by atoms with Gasteiger partial charge in [-0.05, 0) is 60.9 Å². The van der Waals surface area contributed by atoms with Crippen LogP contribution >= 0.6 is 0 Å². The van der Waals surface area contributed by atoms with Gasteiger partial charge in [-0.1, -0.05) is 49.7 Å². The van der Waals surface area contributed by atoms with Gasteiger partial charge in [0.05, 0.1) is 11.6 Å². The molecule has 3 nitrogen and oxygen atoms in total. The monoisotopic (exact) mass is 349 g/mol. The maximum atomic E-state index is 12.9. The van der Waals surface area contributed by atoms with Gasteiger partial charge in [-0.15, -0.1) is 0 Å². The summed E-state index contributed by atoms with van der Waals surface area (Å²) in [7, 11) is 0. The van der Waals surface area contributed by atoms with E-state index >= 15 is 0 Å². The van der Waals surface area contributed by atoms with Crippen molar-refractivity contribution in [2.24, 2.45) is 0 Å². The van der Waals surface area contributed by atoms with Crippen LogP contribution in [0.4, 0.5) is 0 Å². The maximum absolute atomic E-state index is 12.9. The van der Waals surface area contributed by atoms with Crippen molar-refractivity contribution in [1.82, 2.24) is 4.90 Å². The van der Waals surface area contributed by atoms with Crippen LogP contribution in [-0.2, 0) is 6.42 Å². The van der Waals surface area contributed by atoms with E-state index in [-0.39, 0.29) is 11.9 Å². The Hall–Kier alpha value is -2.13. The van der Waals surface area contributed by atoms with Crippen LogP contribution in [0.5, 0.6) is 0 Å². The molecule has 136 valence electrons. The van der Waals surface area contributed by atoms with Crippen LogP contribution < -0.4 is 0 Å². The Morgan fingerprint density at radius 1 is 1.08 bits per heavy atom. The van der Waals surface area contributed by atoms with Gasteiger partial charge in [-0.25, -0.2) is 0 Å². The van der Waals surface area contributed by atoms with Crippen LogP contribution in [0.15, 0.2) is 48.5 Å². The number of rotatable bonds is 5. The molecule has 2 aliphatic rings. The third kappa shape index (κ3) is 3.28. The summed E-state index contributed by atoms with van der Waals surface area (Å²) in [5.74, 6) is 0.0534.